The van der Waals surface area contributed by atoms with Crippen molar-refractivity contribution in [1.82, 2.24) is 5.32 Å². The first kappa shape index (κ1) is 22.6. The molecule has 0 saturated carbocycles. The van der Waals surface area contributed by atoms with Crippen LogP contribution < -0.4 is 10.1 Å². The third-order valence-corrected chi connectivity index (χ3v) is 4.29. The lowest BCUT2D eigenvalue weighted by atomic mass is 9.99. The lowest BCUT2D eigenvalue weighted by Gasteiger charge is -2.23. The molecule has 2 aromatic carbocycles. The summed E-state index contributed by atoms with van der Waals surface area (Å²) in [7, 11) is 1.60. The van der Waals surface area contributed by atoms with Gasteiger partial charge in [0.2, 0.25) is 0 Å². The summed E-state index contributed by atoms with van der Waals surface area (Å²) < 4.78 is 10.6. The van der Waals surface area contributed by atoms with Crippen molar-refractivity contribution in [3.63, 3.8) is 0 Å². The van der Waals surface area contributed by atoms with Gasteiger partial charge >= 0.3 is 12.1 Å². The molecule has 1 atom stereocenters. The molecule has 0 spiro atoms. The van der Waals surface area contributed by atoms with Crippen molar-refractivity contribution in [2.45, 2.75) is 45.3 Å². The molecule has 0 fully saturated rings. The van der Waals surface area contributed by atoms with Crippen LogP contribution in [-0.2, 0) is 16.0 Å². The van der Waals surface area contributed by atoms with Crippen molar-refractivity contribution >= 4 is 23.7 Å². The van der Waals surface area contributed by atoms with Crippen LogP contribution in [0.4, 0.5) is 4.79 Å². The van der Waals surface area contributed by atoms with E-state index in [0.29, 0.717) is 17.2 Å². The molecule has 1 amide bonds. The SMILES string of the molecule is COc1ccc(Cl)cc1-c1ccc(CC(CC(=O)O)NC(=O)OC(C)(C)C)cc1. The van der Waals surface area contributed by atoms with Gasteiger partial charge < -0.3 is 19.9 Å². The average molecular weight is 420 g/mol. The van der Waals surface area contributed by atoms with Gasteiger partial charge in [0.1, 0.15) is 11.4 Å². The number of hydrogen-bond acceptors (Lipinski definition) is 4. The third kappa shape index (κ3) is 7.31. The summed E-state index contributed by atoms with van der Waals surface area (Å²) in [5.41, 5.74) is 2.01. The molecular formula is C22H26ClNO5. The predicted octanol–water partition coefficient (Wildman–Crippen LogP) is 4.93. The predicted molar refractivity (Wildman–Crippen MR) is 113 cm³/mol. The van der Waals surface area contributed by atoms with Gasteiger partial charge in [-0.1, -0.05) is 35.9 Å². The number of carboxylic acid groups (broad SMARTS) is 1. The maximum absolute atomic E-state index is 12.0. The van der Waals surface area contributed by atoms with Crippen LogP contribution in [0.15, 0.2) is 42.5 Å². The van der Waals surface area contributed by atoms with E-state index in [4.69, 9.17) is 26.2 Å². The van der Waals surface area contributed by atoms with Gasteiger partial charge in [-0.25, -0.2) is 4.79 Å². The normalized spacial score (nSPS) is 12.2. The van der Waals surface area contributed by atoms with Crippen LogP contribution in [-0.4, -0.2) is 35.9 Å². The van der Waals surface area contributed by atoms with E-state index in [2.05, 4.69) is 5.32 Å². The number of amides is 1. The van der Waals surface area contributed by atoms with E-state index in [1.165, 1.54) is 0 Å². The molecule has 0 saturated heterocycles. The molecule has 156 valence electrons. The molecule has 0 aromatic heterocycles. The van der Waals surface area contributed by atoms with Crippen LogP contribution in [0.3, 0.4) is 0 Å². The van der Waals surface area contributed by atoms with E-state index in [0.717, 1.165) is 16.7 Å². The first-order chi connectivity index (χ1) is 13.6. The van der Waals surface area contributed by atoms with Crippen LogP contribution in [0.2, 0.25) is 5.02 Å². The van der Waals surface area contributed by atoms with Crippen molar-refractivity contribution in [1.29, 1.82) is 0 Å². The Bertz CT molecular complexity index is 858. The molecule has 2 N–H and O–H groups in total. The number of carbonyl (C=O) groups excluding carboxylic acids is 1. The highest BCUT2D eigenvalue weighted by molar-refractivity contribution is 6.31. The van der Waals surface area contributed by atoms with E-state index in [9.17, 15) is 9.59 Å². The Hall–Kier alpha value is -2.73. The molecule has 7 heteroatoms. The first-order valence-corrected chi connectivity index (χ1v) is 9.59. The fourth-order valence-corrected chi connectivity index (χ4v) is 3.04. The number of hydrogen-bond donors (Lipinski definition) is 2. The molecule has 0 aliphatic carbocycles. The summed E-state index contributed by atoms with van der Waals surface area (Å²) in [5.74, 6) is -0.288. The quantitative estimate of drug-likeness (QED) is 0.664. The summed E-state index contributed by atoms with van der Waals surface area (Å²) in [6.07, 6.45) is -0.481. The molecular weight excluding hydrogens is 394 g/mol. The molecule has 0 heterocycles. The van der Waals surface area contributed by atoms with E-state index in [1.54, 1.807) is 40.0 Å². The largest absolute Gasteiger partial charge is 0.496 e. The number of benzene rings is 2. The molecule has 6 nitrogen and oxygen atoms in total. The number of rotatable bonds is 7. The minimum absolute atomic E-state index is 0.205. The van der Waals surface area contributed by atoms with Crippen molar-refractivity contribution in [3.8, 4) is 16.9 Å². The minimum atomic E-state index is -0.994. The van der Waals surface area contributed by atoms with Crippen LogP contribution in [0, 0.1) is 0 Å². The fraction of sp³-hybridized carbons (Fsp3) is 0.364. The second-order valence-corrected chi connectivity index (χ2v) is 8.12. The average Bonchev–Trinajstić information content (AvgIpc) is 2.60. The minimum Gasteiger partial charge on any atom is -0.496 e. The number of ether oxygens (including phenoxy) is 2. The monoisotopic (exact) mass is 419 g/mol. The van der Waals surface area contributed by atoms with Crippen LogP contribution in [0.5, 0.6) is 5.75 Å². The standard InChI is InChI=1S/C22H26ClNO5/c1-22(2,3)29-21(27)24-17(13-20(25)26)11-14-5-7-15(8-6-14)18-12-16(23)9-10-19(18)28-4/h5-10,12,17H,11,13H2,1-4H3,(H,24,27)(H,25,26). The number of carboxylic acids is 1. The summed E-state index contributed by atoms with van der Waals surface area (Å²) in [6, 6.07) is 12.4. The zero-order valence-electron chi connectivity index (χ0n) is 17.0. The fourth-order valence-electron chi connectivity index (χ4n) is 2.87. The van der Waals surface area contributed by atoms with Gasteiger partial charge in [-0.3, -0.25) is 4.79 Å². The molecule has 0 bridgehead atoms. The highest BCUT2D eigenvalue weighted by atomic mass is 35.5. The van der Waals surface area contributed by atoms with Gasteiger partial charge in [0.25, 0.3) is 0 Å². The Labute approximate surface area is 175 Å². The highest BCUT2D eigenvalue weighted by Gasteiger charge is 2.21. The van der Waals surface area contributed by atoms with Gasteiger partial charge in [-0.05, 0) is 56.5 Å². The Morgan fingerprint density at radius 3 is 2.34 bits per heavy atom. The van der Waals surface area contributed by atoms with E-state index < -0.39 is 23.7 Å². The zero-order chi connectivity index (χ0) is 21.6. The Balaban J connectivity index is 2.15. The third-order valence-electron chi connectivity index (χ3n) is 4.05. The maximum Gasteiger partial charge on any atom is 0.407 e. The Morgan fingerprint density at radius 2 is 1.79 bits per heavy atom. The number of carbonyl (C=O) groups is 2. The number of nitrogens with one attached hydrogen (secondary N) is 1. The van der Waals surface area contributed by atoms with E-state index >= 15 is 0 Å². The van der Waals surface area contributed by atoms with Gasteiger partial charge in [0, 0.05) is 16.6 Å². The van der Waals surface area contributed by atoms with E-state index in [1.807, 2.05) is 30.3 Å². The van der Waals surface area contributed by atoms with Gasteiger partial charge in [0.15, 0.2) is 0 Å². The lowest BCUT2D eigenvalue weighted by Crippen LogP contribution is -2.41. The molecule has 29 heavy (non-hydrogen) atoms. The lowest BCUT2D eigenvalue weighted by molar-refractivity contribution is -0.137. The van der Waals surface area contributed by atoms with Crippen LogP contribution >= 0.6 is 11.6 Å². The topological polar surface area (TPSA) is 84.9 Å². The van der Waals surface area contributed by atoms with Crippen molar-refractivity contribution in [3.05, 3.63) is 53.1 Å². The number of aliphatic carboxylic acids is 1. The van der Waals surface area contributed by atoms with Gasteiger partial charge in [-0.2, -0.15) is 0 Å². The second-order valence-electron chi connectivity index (χ2n) is 7.69. The van der Waals surface area contributed by atoms with Crippen LogP contribution in [0.25, 0.3) is 11.1 Å². The molecule has 1 unspecified atom stereocenters. The number of halogens is 1. The van der Waals surface area contributed by atoms with Gasteiger partial charge in [-0.15, -0.1) is 0 Å². The first-order valence-electron chi connectivity index (χ1n) is 9.21. The summed E-state index contributed by atoms with van der Waals surface area (Å²) >= 11 is 6.10. The van der Waals surface area contributed by atoms with Crippen molar-refractivity contribution in [2.75, 3.05) is 7.11 Å². The highest BCUT2D eigenvalue weighted by Crippen LogP contribution is 2.32. The number of alkyl carbamates (subject to hydrolysis) is 1. The molecule has 0 aliphatic rings. The maximum atomic E-state index is 12.0. The van der Waals surface area contributed by atoms with Crippen LogP contribution in [0.1, 0.15) is 32.8 Å². The van der Waals surface area contributed by atoms with E-state index in [-0.39, 0.29) is 6.42 Å². The van der Waals surface area contributed by atoms with Crippen molar-refractivity contribution in [2.24, 2.45) is 0 Å². The summed E-state index contributed by atoms with van der Waals surface area (Å²) in [5, 5.41) is 12.4. The molecule has 2 aromatic rings. The summed E-state index contributed by atoms with van der Waals surface area (Å²) in [6.45, 7) is 5.25. The molecule has 0 aliphatic heterocycles. The number of methoxy groups -OCH3 is 1. The zero-order valence-corrected chi connectivity index (χ0v) is 17.7. The smallest absolute Gasteiger partial charge is 0.407 e. The second kappa shape index (κ2) is 9.65. The summed E-state index contributed by atoms with van der Waals surface area (Å²) in [4.78, 5) is 23.2. The molecule has 2 rings (SSSR count). The Morgan fingerprint density at radius 1 is 1.14 bits per heavy atom. The van der Waals surface area contributed by atoms with Gasteiger partial charge in [0.05, 0.1) is 13.5 Å². The molecule has 0 radical (unpaired) electrons. The van der Waals surface area contributed by atoms with Crippen molar-refractivity contribution < 1.29 is 24.2 Å². The Kier molecular flexibility index (Phi) is 7.51.